The van der Waals surface area contributed by atoms with E-state index in [9.17, 15) is 4.79 Å². The van der Waals surface area contributed by atoms with E-state index in [4.69, 9.17) is 4.42 Å². The van der Waals surface area contributed by atoms with Crippen molar-refractivity contribution < 1.29 is 9.21 Å². The van der Waals surface area contributed by atoms with Crippen LogP contribution >= 0.6 is 15.9 Å². The lowest BCUT2D eigenvalue weighted by molar-refractivity contribution is -0.122. The number of rotatable bonds is 9. The summed E-state index contributed by atoms with van der Waals surface area (Å²) in [6.45, 7) is 6.42. The van der Waals surface area contributed by atoms with Gasteiger partial charge in [0.2, 0.25) is 17.7 Å². The summed E-state index contributed by atoms with van der Waals surface area (Å²) in [6.07, 6.45) is 1.88. The molecule has 1 aromatic heterocycles. The quantitative estimate of drug-likeness (QED) is 0.706. The van der Waals surface area contributed by atoms with Crippen molar-refractivity contribution in [2.24, 2.45) is 0 Å². The number of nitrogens with zero attached hydrogens (tertiary/aromatic N) is 3. The molecule has 2 aromatic rings. The van der Waals surface area contributed by atoms with Gasteiger partial charge in [-0.25, -0.2) is 0 Å². The minimum atomic E-state index is 0.0250. The average molecular weight is 395 g/mol. The van der Waals surface area contributed by atoms with Crippen LogP contribution in [0.15, 0.2) is 33.2 Å². The number of amides is 1. The monoisotopic (exact) mass is 394 g/mol. The summed E-state index contributed by atoms with van der Waals surface area (Å²) in [5.74, 6) is 1.02. The molecule has 0 fully saturated rings. The highest BCUT2D eigenvalue weighted by Crippen LogP contribution is 2.22. The Bertz CT molecular complexity index is 660. The minimum absolute atomic E-state index is 0.0250. The number of carbonyl (C=O) groups is 1. The molecule has 0 aliphatic rings. The molecule has 0 spiro atoms. The molecule has 0 atom stereocenters. The maximum atomic E-state index is 11.9. The molecule has 0 bridgehead atoms. The van der Waals surface area contributed by atoms with E-state index in [-0.39, 0.29) is 5.91 Å². The van der Waals surface area contributed by atoms with Gasteiger partial charge in [0.25, 0.3) is 0 Å². The maximum Gasteiger partial charge on any atom is 0.247 e. The van der Waals surface area contributed by atoms with Crippen molar-refractivity contribution in [3.05, 3.63) is 34.6 Å². The highest BCUT2D eigenvalue weighted by Gasteiger charge is 2.15. The third-order valence-electron chi connectivity index (χ3n) is 3.38. The zero-order valence-corrected chi connectivity index (χ0v) is 15.7. The molecule has 24 heavy (non-hydrogen) atoms. The number of carbonyl (C=O) groups excluding carboxylic acids is 1. The van der Waals surface area contributed by atoms with Crippen molar-refractivity contribution >= 4 is 21.8 Å². The lowest BCUT2D eigenvalue weighted by atomic mass is 10.2. The summed E-state index contributed by atoms with van der Waals surface area (Å²) in [5.41, 5.74) is 0.867. The molecule has 130 valence electrons. The first kappa shape index (κ1) is 18.6. The zero-order valence-electron chi connectivity index (χ0n) is 14.1. The topological polar surface area (TPSA) is 71.3 Å². The van der Waals surface area contributed by atoms with Gasteiger partial charge in [-0.05, 0) is 37.6 Å². The van der Waals surface area contributed by atoms with Crippen LogP contribution in [0.2, 0.25) is 0 Å². The Morgan fingerprint density at radius 2 is 2.12 bits per heavy atom. The SMILES string of the molecule is CCCNC(=O)CN(CCC)Cc1nnc(-c2cccc(Br)c2)o1. The van der Waals surface area contributed by atoms with Gasteiger partial charge < -0.3 is 9.73 Å². The smallest absolute Gasteiger partial charge is 0.247 e. The molecule has 0 radical (unpaired) electrons. The highest BCUT2D eigenvalue weighted by molar-refractivity contribution is 9.10. The molecule has 1 N–H and O–H groups in total. The van der Waals surface area contributed by atoms with Gasteiger partial charge in [0, 0.05) is 16.6 Å². The van der Waals surface area contributed by atoms with Crippen LogP contribution in [0.25, 0.3) is 11.5 Å². The standard InChI is InChI=1S/C17H23BrN4O2/c1-3-8-19-15(23)11-22(9-4-2)12-16-20-21-17(24-16)13-6-5-7-14(18)10-13/h5-7,10H,3-4,8-9,11-12H2,1-2H3,(H,19,23). The first-order chi connectivity index (χ1) is 11.6. The van der Waals surface area contributed by atoms with E-state index < -0.39 is 0 Å². The van der Waals surface area contributed by atoms with Crippen molar-refractivity contribution in [2.75, 3.05) is 19.6 Å². The van der Waals surface area contributed by atoms with E-state index in [1.54, 1.807) is 0 Å². The summed E-state index contributed by atoms with van der Waals surface area (Å²) < 4.78 is 6.71. The Morgan fingerprint density at radius 1 is 1.29 bits per heavy atom. The minimum Gasteiger partial charge on any atom is -0.419 e. The van der Waals surface area contributed by atoms with E-state index in [2.05, 4.69) is 38.4 Å². The van der Waals surface area contributed by atoms with Crippen LogP contribution in [0.5, 0.6) is 0 Å². The summed E-state index contributed by atoms with van der Waals surface area (Å²) in [5, 5.41) is 11.1. The third-order valence-corrected chi connectivity index (χ3v) is 3.87. The van der Waals surface area contributed by atoms with E-state index in [1.807, 2.05) is 36.1 Å². The van der Waals surface area contributed by atoms with Crippen LogP contribution in [-0.4, -0.2) is 40.6 Å². The lowest BCUT2D eigenvalue weighted by Crippen LogP contribution is -2.37. The number of hydrogen-bond acceptors (Lipinski definition) is 5. The van der Waals surface area contributed by atoms with Crippen LogP contribution in [0.1, 0.15) is 32.6 Å². The van der Waals surface area contributed by atoms with Gasteiger partial charge in [0.1, 0.15) is 0 Å². The van der Waals surface area contributed by atoms with E-state index in [0.29, 0.717) is 31.4 Å². The molecule has 6 nitrogen and oxygen atoms in total. The van der Waals surface area contributed by atoms with Gasteiger partial charge in [-0.3, -0.25) is 9.69 Å². The molecule has 0 saturated heterocycles. The first-order valence-corrected chi connectivity index (χ1v) is 8.99. The van der Waals surface area contributed by atoms with Gasteiger partial charge in [0.05, 0.1) is 13.1 Å². The molecule has 0 aliphatic heterocycles. The second-order valence-corrected chi connectivity index (χ2v) is 6.49. The predicted molar refractivity (Wildman–Crippen MR) is 96.3 cm³/mol. The highest BCUT2D eigenvalue weighted by atomic mass is 79.9. The van der Waals surface area contributed by atoms with E-state index in [1.165, 1.54) is 0 Å². The molecule has 1 aromatic carbocycles. The molecule has 7 heteroatoms. The van der Waals surface area contributed by atoms with E-state index >= 15 is 0 Å². The van der Waals surface area contributed by atoms with Crippen molar-refractivity contribution in [1.29, 1.82) is 0 Å². The summed E-state index contributed by atoms with van der Waals surface area (Å²) in [4.78, 5) is 13.9. The summed E-state index contributed by atoms with van der Waals surface area (Å²) >= 11 is 3.43. The number of nitrogens with one attached hydrogen (secondary N) is 1. The molecule has 1 heterocycles. The van der Waals surface area contributed by atoms with Gasteiger partial charge in [-0.1, -0.05) is 35.8 Å². The molecule has 0 saturated carbocycles. The normalized spacial score (nSPS) is 11.0. The van der Waals surface area contributed by atoms with Crippen molar-refractivity contribution in [1.82, 2.24) is 20.4 Å². The Hall–Kier alpha value is -1.73. The van der Waals surface area contributed by atoms with Crippen LogP contribution in [0.4, 0.5) is 0 Å². The van der Waals surface area contributed by atoms with Crippen LogP contribution in [0, 0.1) is 0 Å². The second kappa shape index (κ2) is 9.54. The maximum absolute atomic E-state index is 11.9. The number of aromatic nitrogens is 2. The van der Waals surface area contributed by atoms with Gasteiger partial charge in [0.15, 0.2) is 0 Å². The van der Waals surface area contributed by atoms with E-state index in [0.717, 1.165) is 29.4 Å². The predicted octanol–water partition coefficient (Wildman–Crippen LogP) is 3.24. The van der Waals surface area contributed by atoms with Crippen molar-refractivity contribution in [2.45, 2.75) is 33.2 Å². The first-order valence-electron chi connectivity index (χ1n) is 8.19. The summed E-state index contributed by atoms with van der Waals surface area (Å²) in [6, 6.07) is 7.72. The van der Waals surface area contributed by atoms with Gasteiger partial charge in [-0.15, -0.1) is 10.2 Å². The number of benzene rings is 1. The molecule has 0 aliphatic carbocycles. The molecule has 2 rings (SSSR count). The molecular weight excluding hydrogens is 372 g/mol. The van der Waals surface area contributed by atoms with Gasteiger partial charge in [-0.2, -0.15) is 0 Å². The number of halogens is 1. The fourth-order valence-corrected chi connectivity index (χ4v) is 2.70. The number of hydrogen-bond donors (Lipinski definition) is 1. The van der Waals surface area contributed by atoms with Crippen LogP contribution in [0.3, 0.4) is 0 Å². The molecular formula is C17H23BrN4O2. The summed E-state index contributed by atoms with van der Waals surface area (Å²) in [7, 11) is 0. The third kappa shape index (κ3) is 5.72. The Kier molecular flexibility index (Phi) is 7.39. The fraction of sp³-hybridized carbons (Fsp3) is 0.471. The molecule has 0 unspecified atom stereocenters. The second-order valence-electron chi connectivity index (χ2n) is 5.57. The Morgan fingerprint density at radius 3 is 2.83 bits per heavy atom. The van der Waals surface area contributed by atoms with Gasteiger partial charge >= 0.3 is 0 Å². The zero-order chi connectivity index (χ0) is 17.4. The largest absolute Gasteiger partial charge is 0.419 e. The Labute approximate surface area is 150 Å². The fourth-order valence-electron chi connectivity index (χ4n) is 2.30. The Balaban J connectivity index is 2.00. The molecule has 1 amide bonds. The van der Waals surface area contributed by atoms with Crippen LogP contribution in [-0.2, 0) is 11.3 Å². The average Bonchev–Trinajstić information content (AvgIpc) is 3.01. The van der Waals surface area contributed by atoms with Crippen LogP contribution < -0.4 is 5.32 Å². The lowest BCUT2D eigenvalue weighted by Gasteiger charge is -2.18. The van der Waals surface area contributed by atoms with Crippen molar-refractivity contribution in [3.8, 4) is 11.5 Å². The van der Waals surface area contributed by atoms with Crippen molar-refractivity contribution in [3.63, 3.8) is 0 Å².